The van der Waals surface area contributed by atoms with E-state index in [9.17, 15) is 0 Å². The molecule has 3 aromatic rings. The maximum Gasteiger partial charge on any atom is 0.225 e. The Kier molecular flexibility index (Phi) is 2.66. The van der Waals surface area contributed by atoms with Crippen LogP contribution in [0.25, 0.3) is 11.0 Å². The van der Waals surface area contributed by atoms with Crippen LogP contribution in [0.2, 0.25) is 0 Å². The first-order valence-corrected chi connectivity index (χ1v) is 6.00. The number of nitrogens with one attached hydrogen (secondary N) is 2. The number of nitrogens with zero attached hydrogens (tertiary/aromatic N) is 4. The van der Waals surface area contributed by atoms with Crippen molar-refractivity contribution < 1.29 is 0 Å². The summed E-state index contributed by atoms with van der Waals surface area (Å²) in [5.74, 6) is 0. The molecule has 0 spiro atoms. The monoisotopic (exact) mass is 246 g/mol. The molecule has 2 aromatic heterocycles. The Balaban J connectivity index is 1.64. The lowest BCUT2D eigenvalue weighted by atomic mass is 10.1. The van der Waals surface area contributed by atoms with Gasteiger partial charge in [-0.25, -0.2) is 4.98 Å². The van der Waals surface area contributed by atoms with Crippen LogP contribution in [0, 0.1) is 0 Å². The number of H-pyrrole nitrogens is 1. The molecule has 1 aromatic carbocycles. The van der Waals surface area contributed by atoms with Crippen molar-refractivity contribution in [3.63, 3.8) is 0 Å². The highest BCUT2D eigenvalue weighted by atomic mass is 32.1. The molecule has 0 fully saturated rings. The molecular weight excluding hydrogens is 236 g/mol. The molecule has 0 unspecified atom stereocenters. The van der Waals surface area contributed by atoms with E-state index in [4.69, 9.17) is 0 Å². The number of benzene rings is 1. The molecule has 2 N–H and O–H groups in total. The normalized spacial score (nSPS) is 10.8. The van der Waals surface area contributed by atoms with Gasteiger partial charge in [0.05, 0.1) is 17.4 Å². The molecule has 0 radical (unpaired) electrons. The van der Waals surface area contributed by atoms with Gasteiger partial charge in [0, 0.05) is 18.1 Å². The second-order valence-corrected chi connectivity index (χ2v) is 4.33. The van der Waals surface area contributed by atoms with Crippen LogP contribution in [0.1, 0.15) is 5.56 Å². The van der Waals surface area contributed by atoms with Gasteiger partial charge in [-0.15, -0.1) is 0 Å². The minimum absolute atomic E-state index is 0.757. The van der Waals surface area contributed by atoms with Crippen molar-refractivity contribution in [1.29, 1.82) is 0 Å². The van der Waals surface area contributed by atoms with Crippen LogP contribution in [-0.4, -0.2) is 31.3 Å². The van der Waals surface area contributed by atoms with Gasteiger partial charge in [0.25, 0.3) is 0 Å². The fraction of sp³-hybridized carbons (Fsp3) is 0.200. The molecule has 7 heteroatoms. The number of anilines is 1. The second kappa shape index (κ2) is 4.46. The zero-order valence-corrected chi connectivity index (χ0v) is 9.74. The minimum atomic E-state index is 0.757. The molecule has 86 valence electrons. The van der Waals surface area contributed by atoms with Crippen molar-refractivity contribution in [3.8, 4) is 0 Å². The lowest BCUT2D eigenvalue weighted by Gasteiger charge is -2.02. The fourth-order valence-electron chi connectivity index (χ4n) is 1.65. The van der Waals surface area contributed by atoms with Crippen molar-refractivity contribution >= 4 is 27.7 Å². The largest absolute Gasteiger partial charge is 0.359 e. The molecule has 0 aliphatic carbocycles. The van der Waals surface area contributed by atoms with Crippen LogP contribution in [0.4, 0.5) is 5.13 Å². The van der Waals surface area contributed by atoms with Gasteiger partial charge >= 0.3 is 0 Å². The van der Waals surface area contributed by atoms with Crippen LogP contribution >= 0.6 is 11.5 Å². The smallest absolute Gasteiger partial charge is 0.225 e. The maximum atomic E-state index is 4.18. The number of hydrogen-bond acceptors (Lipinski definition) is 6. The summed E-state index contributed by atoms with van der Waals surface area (Å²) >= 11 is 1.26. The van der Waals surface area contributed by atoms with Gasteiger partial charge in [-0.05, 0) is 29.3 Å². The predicted molar refractivity (Wildman–Crippen MR) is 66.0 cm³/mol. The third kappa shape index (κ3) is 2.23. The van der Waals surface area contributed by atoms with E-state index in [0.29, 0.717) is 0 Å². The van der Waals surface area contributed by atoms with Crippen LogP contribution in [0.15, 0.2) is 24.5 Å². The van der Waals surface area contributed by atoms with E-state index in [1.807, 2.05) is 6.07 Å². The van der Waals surface area contributed by atoms with Gasteiger partial charge in [-0.1, -0.05) is 15.7 Å². The van der Waals surface area contributed by atoms with Crippen LogP contribution in [0.5, 0.6) is 0 Å². The van der Waals surface area contributed by atoms with Crippen molar-refractivity contribution in [1.82, 2.24) is 24.8 Å². The minimum Gasteiger partial charge on any atom is -0.359 e. The molecular formula is C10H10N6S. The van der Waals surface area contributed by atoms with E-state index in [1.165, 1.54) is 17.1 Å². The number of fused-ring (bicyclic) bond motifs is 1. The van der Waals surface area contributed by atoms with Gasteiger partial charge < -0.3 is 10.3 Å². The summed E-state index contributed by atoms with van der Waals surface area (Å²) in [5, 5.41) is 11.3. The maximum absolute atomic E-state index is 4.18. The highest BCUT2D eigenvalue weighted by molar-refractivity contribution is 7.09. The predicted octanol–water partition coefficient (Wildman–Crippen LogP) is 1.46. The van der Waals surface area contributed by atoms with E-state index in [0.717, 1.165) is 29.1 Å². The number of imidazole rings is 1. The Morgan fingerprint density at radius 2 is 2.35 bits per heavy atom. The topological polar surface area (TPSA) is 79.4 Å². The third-order valence-electron chi connectivity index (χ3n) is 2.47. The van der Waals surface area contributed by atoms with Crippen molar-refractivity contribution in [2.75, 3.05) is 11.9 Å². The van der Waals surface area contributed by atoms with E-state index in [1.54, 1.807) is 6.33 Å². The van der Waals surface area contributed by atoms with Crippen molar-refractivity contribution in [2.24, 2.45) is 0 Å². The molecule has 0 amide bonds. The number of aromatic amines is 1. The van der Waals surface area contributed by atoms with E-state index >= 15 is 0 Å². The average molecular weight is 246 g/mol. The molecule has 17 heavy (non-hydrogen) atoms. The Bertz CT molecular complexity index is 602. The van der Waals surface area contributed by atoms with E-state index in [-0.39, 0.29) is 0 Å². The first-order valence-electron chi connectivity index (χ1n) is 5.23. The standard InChI is InChI=1S/C10H10N6S/c1-2-8-9(13-6-12-8)5-7(1)3-4-11-10-14-15-16-17-10/h1-2,5-6H,3-4H2,(H,12,13)(H,11,14,16). The summed E-state index contributed by atoms with van der Waals surface area (Å²) in [6.45, 7) is 0.816. The van der Waals surface area contributed by atoms with Crippen molar-refractivity contribution in [3.05, 3.63) is 30.1 Å². The summed E-state index contributed by atoms with van der Waals surface area (Å²) in [7, 11) is 0. The van der Waals surface area contributed by atoms with Gasteiger partial charge in [0.15, 0.2) is 0 Å². The average Bonchev–Trinajstić information content (AvgIpc) is 2.98. The quantitative estimate of drug-likeness (QED) is 0.728. The Morgan fingerprint density at radius 3 is 3.24 bits per heavy atom. The molecule has 0 aliphatic heterocycles. The summed E-state index contributed by atoms with van der Waals surface area (Å²) in [6.07, 6.45) is 2.63. The number of hydrogen-bond donors (Lipinski definition) is 2. The Morgan fingerprint density at radius 1 is 1.35 bits per heavy atom. The third-order valence-corrected chi connectivity index (χ3v) is 3.03. The summed E-state index contributed by atoms with van der Waals surface area (Å²) < 4.78 is 3.69. The van der Waals surface area contributed by atoms with Crippen LogP contribution < -0.4 is 5.32 Å². The molecule has 2 heterocycles. The highest BCUT2D eigenvalue weighted by Gasteiger charge is 2.00. The van der Waals surface area contributed by atoms with Gasteiger partial charge in [0.1, 0.15) is 0 Å². The highest BCUT2D eigenvalue weighted by Crippen LogP contribution is 2.12. The summed E-state index contributed by atoms with van der Waals surface area (Å²) in [4.78, 5) is 7.29. The Labute approximate surface area is 101 Å². The van der Waals surface area contributed by atoms with Crippen LogP contribution in [0.3, 0.4) is 0 Å². The number of rotatable bonds is 4. The fourth-order valence-corrected chi connectivity index (χ4v) is 2.04. The van der Waals surface area contributed by atoms with Gasteiger partial charge in [0.2, 0.25) is 5.13 Å². The lowest BCUT2D eigenvalue weighted by Crippen LogP contribution is -2.04. The van der Waals surface area contributed by atoms with E-state index < -0.39 is 0 Å². The molecule has 0 saturated heterocycles. The molecule has 0 bridgehead atoms. The molecule has 0 atom stereocenters. The van der Waals surface area contributed by atoms with Crippen molar-refractivity contribution in [2.45, 2.75) is 6.42 Å². The number of aromatic nitrogens is 5. The lowest BCUT2D eigenvalue weighted by molar-refractivity contribution is 0.942. The molecule has 0 aliphatic rings. The van der Waals surface area contributed by atoms with Crippen LogP contribution in [-0.2, 0) is 6.42 Å². The zero-order chi connectivity index (χ0) is 11.5. The summed E-state index contributed by atoms with van der Waals surface area (Å²) in [6, 6.07) is 6.22. The first kappa shape index (κ1) is 10.2. The Hall–Kier alpha value is -2.02. The molecule has 3 rings (SSSR count). The zero-order valence-electron chi connectivity index (χ0n) is 8.92. The first-order chi connectivity index (χ1) is 8.42. The SMILES string of the molecule is c1nc2ccc(CCNc3nnns3)cc2[nH]1. The summed E-state index contributed by atoms with van der Waals surface area (Å²) in [5.41, 5.74) is 3.32. The molecule has 0 saturated carbocycles. The van der Waals surface area contributed by atoms with Gasteiger partial charge in [-0.3, -0.25) is 0 Å². The van der Waals surface area contributed by atoms with Gasteiger partial charge in [-0.2, -0.15) is 0 Å². The van der Waals surface area contributed by atoms with E-state index in [2.05, 4.69) is 42.2 Å². The second-order valence-electron chi connectivity index (χ2n) is 3.60. The molecule has 6 nitrogen and oxygen atoms in total.